The van der Waals surface area contributed by atoms with Crippen LogP contribution in [0.3, 0.4) is 0 Å². The minimum absolute atomic E-state index is 0.0896. The fraction of sp³-hybridized carbons (Fsp3) is 0.143. The Morgan fingerprint density at radius 3 is 2.44 bits per heavy atom. The molecule has 2 aromatic carbocycles. The summed E-state index contributed by atoms with van der Waals surface area (Å²) in [5.74, 6) is -0.743. The van der Waals surface area contributed by atoms with E-state index in [9.17, 15) is 14.0 Å². The highest BCUT2D eigenvalue weighted by atomic mass is 19.1. The first kappa shape index (κ1) is 17.0. The van der Waals surface area contributed by atoms with E-state index in [0.29, 0.717) is 18.5 Å². The Morgan fingerprint density at radius 1 is 0.926 bits per heavy atom. The number of para-hydroxylation sites is 3. The lowest BCUT2D eigenvalue weighted by Crippen LogP contribution is -2.23. The van der Waals surface area contributed by atoms with Gasteiger partial charge in [0.05, 0.1) is 16.7 Å². The molecule has 4 aromatic rings. The Morgan fingerprint density at radius 2 is 1.63 bits per heavy atom. The number of aromatic nitrogens is 2. The van der Waals surface area contributed by atoms with Crippen LogP contribution >= 0.6 is 0 Å². The quantitative estimate of drug-likeness (QED) is 0.586. The second kappa shape index (κ2) is 7.07. The highest BCUT2D eigenvalue weighted by Gasteiger charge is 2.11. The normalized spacial score (nSPS) is 11.1. The number of benzene rings is 2. The van der Waals surface area contributed by atoms with Crippen molar-refractivity contribution in [3.63, 3.8) is 0 Å². The van der Waals surface area contributed by atoms with Crippen LogP contribution in [0.15, 0.2) is 71.7 Å². The van der Waals surface area contributed by atoms with Gasteiger partial charge in [0.1, 0.15) is 11.3 Å². The van der Waals surface area contributed by atoms with Crippen molar-refractivity contribution in [1.29, 1.82) is 0 Å². The van der Waals surface area contributed by atoms with Crippen molar-refractivity contribution in [2.45, 2.75) is 19.4 Å². The van der Waals surface area contributed by atoms with Gasteiger partial charge in [-0.15, -0.1) is 0 Å². The average Bonchev–Trinajstić information content (AvgIpc) is 3.17. The molecule has 0 saturated carbocycles. The van der Waals surface area contributed by atoms with Gasteiger partial charge in [-0.3, -0.25) is 9.59 Å². The van der Waals surface area contributed by atoms with Gasteiger partial charge in [-0.1, -0.05) is 24.3 Å². The van der Waals surface area contributed by atoms with Gasteiger partial charge in [0.15, 0.2) is 0 Å². The predicted molar refractivity (Wildman–Crippen MR) is 103 cm³/mol. The van der Waals surface area contributed by atoms with Crippen molar-refractivity contribution >= 4 is 28.1 Å². The van der Waals surface area contributed by atoms with Crippen molar-refractivity contribution in [3.8, 4) is 0 Å². The molecule has 1 amide bonds. The predicted octanol–water partition coefficient (Wildman–Crippen LogP) is 3.81. The van der Waals surface area contributed by atoms with Crippen LogP contribution < -0.4 is 10.9 Å². The number of anilines is 1. The van der Waals surface area contributed by atoms with E-state index >= 15 is 0 Å². The highest BCUT2D eigenvalue weighted by Crippen LogP contribution is 2.16. The van der Waals surface area contributed by atoms with E-state index in [4.69, 9.17) is 0 Å². The maximum absolute atomic E-state index is 13.6. The Bertz CT molecular complexity index is 1190. The molecule has 0 saturated heterocycles. The fourth-order valence-electron chi connectivity index (χ4n) is 3.30. The van der Waals surface area contributed by atoms with Gasteiger partial charge in [-0.05, 0) is 42.8 Å². The molecule has 2 heterocycles. The fourth-order valence-corrected chi connectivity index (χ4v) is 3.30. The van der Waals surface area contributed by atoms with Crippen LogP contribution in [0.4, 0.5) is 10.1 Å². The van der Waals surface area contributed by atoms with E-state index in [1.165, 1.54) is 12.1 Å². The second-order valence-corrected chi connectivity index (χ2v) is 6.34. The lowest BCUT2D eigenvalue weighted by molar-refractivity contribution is -0.116. The summed E-state index contributed by atoms with van der Waals surface area (Å²) in [5.41, 5.74) is 2.44. The summed E-state index contributed by atoms with van der Waals surface area (Å²) < 4.78 is 17.2. The molecule has 1 N–H and O–H groups in total. The monoisotopic (exact) mass is 363 g/mol. The van der Waals surface area contributed by atoms with Crippen LogP contribution in [0.2, 0.25) is 0 Å². The summed E-state index contributed by atoms with van der Waals surface area (Å²) in [6.07, 6.45) is 2.54. The standard InChI is InChI=1S/C21H18FN3O2/c22-15-7-1-2-8-16(15)23-20(26)12-6-14-25-18-10-4-3-9-17(18)24-13-5-11-19(24)21(25)27/h1-5,7-11,13H,6,12,14H2,(H,23,26). The zero-order valence-corrected chi connectivity index (χ0v) is 14.6. The molecule has 27 heavy (non-hydrogen) atoms. The molecule has 0 bridgehead atoms. The van der Waals surface area contributed by atoms with E-state index in [0.717, 1.165) is 11.0 Å². The van der Waals surface area contributed by atoms with Crippen LogP contribution in [0.25, 0.3) is 16.6 Å². The van der Waals surface area contributed by atoms with Gasteiger partial charge >= 0.3 is 0 Å². The van der Waals surface area contributed by atoms with Gasteiger partial charge in [0.2, 0.25) is 5.91 Å². The Labute approximate surface area is 154 Å². The molecule has 0 unspecified atom stereocenters. The van der Waals surface area contributed by atoms with E-state index in [1.54, 1.807) is 22.8 Å². The number of amides is 1. The van der Waals surface area contributed by atoms with Gasteiger partial charge < -0.3 is 14.3 Å². The molecule has 0 aliphatic heterocycles. The summed E-state index contributed by atoms with van der Waals surface area (Å²) >= 11 is 0. The molecule has 0 spiro atoms. The first-order chi connectivity index (χ1) is 13.1. The van der Waals surface area contributed by atoms with Crippen molar-refractivity contribution in [2.75, 3.05) is 5.32 Å². The third kappa shape index (κ3) is 3.21. The molecular formula is C21H18FN3O2. The van der Waals surface area contributed by atoms with E-state index in [2.05, 4.69) is 5.32 Å². The summed E-state index contributed by atoms with van der Waals surface area (Å²) in [6.45, 7) is 0.408. The Balaban J connectivity index is 1.53. The topological polar surface area (TPSA) is 55.5 Å². The second-order valence-electron chi connectivity index (χ2n) is 6.34. The van der Waals surface area contributed by atoms with Crippen LogP contribution in [0, 0.1) is 5.82 Å². The van der Waals surface area contributed by atoms with Crippen LogP contribution in [0.1, 0.15) is 12.8 Å². The molecule has 0 radical (unpaired) electrons. The van der Waals surface area contributed by atoms with Gasteiger partial charge in [0.25, 0.3) is 5.56 Å². The molecule has 2 aromatic heterocycles. The minimum Gasteiger partial charge on any atom is -0.324 e. The number of hydrogen-bond acceptors (Lipinski definition) is 2. The number of fused-ring (bicyclic) bond motifs is 3. The van der Waals surface area contributed by atoms with Gasteiger partial charge in [0, 0.05) is 19.2 Å². The third-order valence-corrected chi connectivity index (χ3v) is 4.58. The number of nitrogens with one attached hydrogen (secondary N) is 1. The lowest BCUT2D eigenvalue weighted by atomic mass is 10.2. The van der Waals surface area contributed by atoms with Gasteiger partial charge in [-0.2, -0.15) is 0 Å². The van der Waals surface area contributed by atoms with E-state index < -0.39 is 5.82 Å². The number of halogens is 1. The number of hydrogen-bond donors (Lipinski definition) is 1. The molecule has 6 heteroatoms. The highest BCUT2D eigenvalue weighted by molar-refractivity contribution is 5.90. The van der Waals surface area contributed by atoms with Gasteiger partial charge in [-0.25, -0.2) is 4.39 Å². The van der Waals surface area contributed by atoms with Crippen molar-refractivity contribution in [2.24, 2.45) is 0 Å². The number of aryl methyl sites for hydroxylation is 1. The van der Waals surface area contributed by atoms with Crippen molar-refractivity contribution in [1.82, 2.24) is 8.97 Å². The summed E-state index contributed by atoms with van der Waals surface area (Å²) in [7, 11) is 0. The summed E-state index contributed by atoms with van der Waals surface area (Å²) in [4.78, 5) is 24.9. The Kier molecular flexibility index (Phi) is 4.46. The lowest BCUT2D eigenvalue weighted by Gasteiger charge is -2.12. The minimum atomic E-state index is -0.466. The van der Waals surface area contributed by atoms with Crippen molar-refractivity contribution in [3.05, 3.63) is 83.0 Å². The third-order valence-electron chi connectivity index (χ3n) is 4.58. The van der Waals surface area contributed by atoms with Crippen LogP contribution in [-0.4, -0.2) is 14.9 Å². The maximum atomic E-state index is 13.6. The molecule has 0 aliphatic rings. The zero-order chi connectivity index (χ0) is 18.8. The molecule has 0 aliphatic carbocycles. The maximum Gasteiger partial charge on any atom is 0.275 e. The molecule has 0 fully saturated rings. The van der Waals surface area contributed by atoms with Crippen LogP contribution in [0.5, 0.6) is 0 Å². The summed E-state index contributed by atoms with van der Waals surface area (Å²) in [5, 5.41) is 2.57. The van der Waals surface area contributed by atoms with Crippen LogP contribution in [-0.2, 0) is 11.3 Å². The average molecular weight is 363 g/mol. The first-order valence-corrected chi connectivity index (χ1v) is 8.78. The molecular weight excluding hydrogens is 345 g/mol. The molecule has 4 rings (SSSR count). The van der Waals surface area contributed by atoms with Crippen molar-refractivity contribution < 1.29 is 9.18 Å². The molecule has 136 valence electrons. The number of rotatable bonds is 5. The largest absolute Gasteiger partial charge is 0.324 e. The SMILES string of the molecule is O=C(CCCn1c(=O)c2cccn2c2ccccc21)Nc1ccccc1F. The molecule has 0 atom stereocenters. The number of nitrogens with zero attached hydrogens (tertiary/aromatic N) is 2. The number of carbonyl (C=O) groups is 1. The Hall–Kier alpha value is -3.41. The zero-order valence-electron chi connectivity index (χ0n) is 14.6. The van der Waals surface area contributed by atoms with E-state index in [1.807, 2.05) is 40.9 Å². The smallest absolute Gasteiger partial charge is 0.275 e. The molecule has 5 nitrogen and oxygen atoms in total. The van der Waals surface area contributed by atoms with E-state index in [-0.39, 0.29) is 23.6 Å². The number of carbonyl (C=O) groups excluding carboxylic acids is 1. The summed E-state index contributed by atoms with van der Waals surface area (Å²) in [6, 6.07) is 17.4. The first-order valence-electron chi connectivity index (χ1n) is 8.78.